The molecule has 1 unspecified atom stereocenters. The van der Waals surface area contributed by atoms with Crippen molar-refractivity contribution in [1.29, 1.82) is 0 Å². The summed E-state index contributed by atoms with van der Waals surface area (Å²) >= 11 is -0.556. The van der Waals surface area contributed by atoms with Gasteiger partial charge >= 0.3 is 35.6 Å². The van der Waals surface area contributed by atoms with E-state index in [1.165, 1.54) is 12.8 Å². The normalized spacial score (nSPS) is 22.3. The Hall–Kier alpha value is 1.21. The van der Waals surface area contributed by atoms with Gasteiger partial charge in [0.05, 0.1) is 0 Å². The van der Waals surface area contributed by atoms with Crippen LogP contribution in [0.25, 0.3) is 0 Å². The molecule has 1 aliphatic heterocycles. The topological polar surface area (TPSA) is 32.3 Å². The Bertz CT molecular complexity index is 71.6. The average molecular weight is 235 g/mol. The molecule has 2 nitrogen and oxygen atoms in total. The SMILES string of the molecule is OC1CCCCN1.[CH3-].[Cl][Ti][Cl]. The van der Waals surface area contributed by atoms with Crippen LogP contribution in [-0.4, -0.2) is 17.9 Å². The Kier molecular flexibility index (Phi) is 15.0. The molecule has 2 N–H and O–H groups in total. The molecule has 0 aromatic heterocycles. The third kappa shape index (κ3) is 11.2. The first-order valence-electron chi connectivity index (χ1n) is 3.19. The Morgan fingerprint density at radius 3 is 2.09 bits per heavy atom. The molecular formula is C6H14Cl2NOTi-. The molecule has 1 heterocycles. The second-order valence-corrected chi connectivity index (χ2v) is 4.62. The molecule has 68 valence electrons. The number of hydrogen-bond acceptors (Lipinski definition) is 2. The van der Waals surface area contributed by atoms with Crippen molar-refractivity contribution in [2.24, 2.45) is 0 Å². The first-order chi connectivity index (χ1) is 4.81. The molecule has 1 fully saturated rings. The predicted octanol–water partition coefficient (Wildman–Crippen LogP) is 1.91. The van der Waals surface area contributed by atoms with Crippen LogP contribution in [0.3, 0.4) is 0 Å². The molecule has 5 heteroatoms. The third-order valence-corrected chi connectivity index (χ3v) is 1.28. The second-order valence-electron chi connectivity index (χ2n) is 2.04. The van der Waals surface area contributed by atoms with Gasteiger partial charge in [-0.25, -0.2) is 0 Å². The van der Waals surface area contributed by atoms with Gasteiger partial charge in [0.25, 0.3) is 0 Å². The fraction of sp³-hybridized carbons (Fsp3) is 0.833. The summed E-state index contributed by atoms with van der Waals surface area (Å²) in [6, 6.07) is 0. The van der Waals surface area contributed by atoms with Gasteiger partial charge < -0.3 is 12.5 Å². The summed E-state index contributed by atoms with van der Waals surface area (Å²) < 4.78 is 0. The van der Waals surface area contributed by atoms with E-state index in [1.54, 1.807) is 0 Å². The van der Waals surface area contributed by atoms with Crippen molar-refractivity contribution in [3.05, 3.63) is 7.43 Å². The Balaban J connectivity index is 0. The van der Waals surface area contributed by atoms with Crippen molar-refractivity contribution in [3.8, 4) is 0 Å². The number of halogens is 2. The molecule has 1 atom stereocenters. The second kappa shape index (κ2) is 11.2. The fourth-order valence-electron chi connectivity index (χ4n) is 0.833. The summed E-state index contributed by atoms with van der Waals surface area (Å²) in [4.78, 5) is 0. The summed E-state index contributed by atoms with van der Waals surface area (Å²) in [5, 5.41) is 11.7. The van der Waals surface area contributed by atoms with Gasteiger partial charge in [-0.05, 0) is 25.8 Å². The molecule has 1 aliphatic rings. The van der Waals surface area contributed by atoms with Crippen LogP contribution in [0.1, 0.15) is 19.3 Å². The van der Waals surface area contributed by atoms with Gasteiger partial charge in [0.15, 0.2) is 0 Å². The quantitative estimate of drug-likeness (QED) is 0.496. The van der Waals surface area contributed by atoms with Crippen molar-refractivity contribution >= 4 is 18.6 Å². The predicted molar refractivity (Wildman–Crippen MR) is 46.0 cm³/mol. The monoisotopic (exact) mass is 234 g/mol. The molecule has 0 aromatic rings. The molecule has 0 saturated carbocycles. The van der Waals surface area contributed by atoms with E-state index in [0.717, 1.165) is 13.0 Å². The van der Waals surface area contributed by atoms with Crippen LogP contribution in [0.4, 0.5) is 0 Å². The Morgan fingerprint density at radius 2 is 1.91 bits per heavy atom. The van der Waals surface area contributed by atoms with E-state index in [-0.39, 0.29) is 13.7 Å². The standard InChI is InChI=1S/C5H11NO.CH3.2ClH.Ti/c7-5-3-1-2-4-6-5;;;;/h5-7H,1-4H2;1H3;2*1H;/q;-1;;;+2/p-2. The van der Waals surface area contributed by atoms with Gasteiger partial charge in [-0.2, -0.15) is 0 Å². The third-order valence-electron chi connectivity index (χ3n) is 1.28. The van der Waals surface area contributed by atoms with Gasteiger partial charge in [-0.3, -0.25) is 5.32 Å². The van der Waals surface area contributed by atoms with Crippen LogP contribution in [0.5, 0.6) is 0 Å². The van der Waals surface area contributed by atoms with E-state index >= 15 is 0 Å². The number of piperidine rings is 1. The van der Waals surface area contributed by atoms with Crippen molar-refractivity contribution in [2.75, 3.05) is 6.54 Å². The number of rotatable bonds is 0. The summed E-state index contributed by atoms with van der Waals surface area (Å²) in [6.45, 7) is 0.987. The van der Waals surface area contributed by atoms with Crippen LogP contribution in [-0.2, 0) is 17.0 Å². The zero-order valence-corrected chi connectivity index (χ0v) is 9.68. The number of aliphatic hydroxyl groups is 1. The molecule has 1 rings (SSSR count). The Labute approximate surface area is 85.3 Å². The van der Waals surface area contributed by atoms with E-state index in [4.69, 9.17) is 23.7 Å². The van der Waals surface area contributed by atoms with Crippen molar-refractivity contribution in [2.45, 2.75) is 25.5 Å². The summed E-state index contributed by atoms with van der Waals surface area (Å²) in [5.41, 5.74) is 0. The van der Waals surface area contributed by atoms with Crippen LogP contribution >= 0.6 is 18.6 Å². The van der Waals surface area contributed by atoms with Gasteiger partial charge in [0.1, 0.15) is 6.23 Å². The van der Waals surface area contributed by atoms with Crippen LogP contribution in [0, 0.1) is 7.43 Å². The molecule has 0 aliphatic carbocycles. The average Bonchev–Trinajstić information content (AvgIpc) is 1.91. The maximum absolute atomic E-state index is 8.80. The molecule has 0 amide bonds. The first kappa shape index (κ1) is 14.7. The van der Waals surface area contributed by atoms with Gasteiger partial charge in [-0.1, -0.05) is 0 Å². The molecule has 0 spiro atoms. The van der Waals surface area contributed by atoms with Crippen molar-refractivity contribution < 1.29 is 22.1 Å². The van der Waals surface area contributed by atoms with Gasteiger partial charge in [-0.15, -0.1) is 0 Å². The van der Waals surface area contributed by atoms with E-state index in [0.29, 0.717) is 0 Å². The van der Waals surface area contributed by atoms with Gasteiger partial charge in [0.2, 0.25) is 0 Å². The summed E-state index contributed by atoms with van der Waals surface area (Å²) in [6.07, 6.45) is 3.11. The van der Waals surface area contributed by atoms with Crippen molar-refractivity contribution in [3.63, 3.8) is 0 Å². The van der Waals surface area contributed by atoms with Crippen LogP contribution in [0.15, 0.2) is 0 Å². The molecule has 1 saturated heterocycles. The maximum atomic E-state index is 8.80. The van der Waals surface area contributed by atoms with Crippen LogP contribution < -0.4 is 5.32 Å². The zero-order chi connectivity index (χ0) is 7.82. The molecule has 0 radical (unpaired) electrons. The Morgan fingerprint density at radius 1 is 1.36 bits per heavy atom. The minimum absolute atomic E-state index is 0. The molecule has 0 aromatic carbocycles. The molecular weight excluding hydrogens is 221 g/mol. The number of hydrogen-bond donors (Lipinski definition) is 2. The molecule has 11 heavy (non-hydrogen) atoms. The van der Waals surface area contributed by atoms with E-state index in [1.807, 2.05) is 0 Å². The van der Waals surface area contributed by atoms with Crippen molar-refractivity contribution in [1.82, 2.24) is 5.32 Å². The van der Waals surface area contributed by atoms with E-state index in [2.05, 4.69) is 5.32 Å². The molecule has 0 bridgehead atoms. The summed E-state index contributed by atoms with van der Waals surface area (Å²) in [5.74, 6) is 0. The fourth-order valence-corrected chi connectivity index (χ4v) is 0.833. The summed E-state index contributed by atoms with van der Waals surface area (Å²) in [7, 11) is 9.78. The first-order valence-corrected chi connectivity index (χ1v) is 7.48. The number of aliphatic hydroxyl groups excluding tert-OH is 1. The van der Waals surface area contributed by atoms with E-state index < -0.39 is 17.0 Å². The zero-order valence-electron chi connectivity index (χ0n) is 6.61. The van der Waals surface area contributed by atoms with Gasteiger partial charge in [0, 0.05) is 0 Å². The number of nitrogens with one attached hydrogen (secondary N) is 1. The van der Waals surface area contributed by atoms with Crippen LogP contribution in [0.2, 0.25) is 0 Å². The van der Waals surface area contributed by atoms with E-state index in [9.17, 15) is 0 Å². The minimum atomic E-state index is -0.556.